The fourth-order valence-corrected chi connectivity index (χ4v) is 1.75. The minimum Gasteiger partial charge on any atom is -0.394 e. The van der Waals surface area contributed by atoms with Gasteiger partial charge < -0.3 is 14.9 Å². The van der Waals surface area contributed by atoms with Crippen molar-refractivity contribution in [3.63, 3.8) is 0 Å². The number of rotatable bonds is 4. The van der Waals surface area contributed by atoms with Crippen molar-refractivity contribution >= 4 is 0 Å². The molecule has 1 heterocycles. The van der Waals surface area contributed by atoms with Gasteiger partial charge in [0.2, 0.25) is 0 Å². The maximum Gasteiger partial charge on any atom is 0.138 e. The third kappa shape index (κ3) is 1.81. The van der Waals surface area contributed by atoms with Gasteiger partial charge in [-0.1, -0.05) is 5.16 Å². The summed E-state index contributed by atoms with van der Waals surface area (Å²) >= 11 is 0. The fourth-order valence-electron chi connectivity index (χ4n) is 1.75. The van der Waals surface area contributed by atoms with Crippen molar-refractivity contribution in [2.45, 2.75) is 38.8 Å². The minimum absolute atomic E-state index is 0.0197. The summed E-state index contributed by atoms with van der Waals surface area (Å²) in [4.78, 5) is 0. The van der Waals surface area contributed by atoms with Crippen molar-refractivity contribution in [2.75, 3.05) is 6.61 Å². The number of nitrogens with zero attached hydrogens (tertiary/aromatic N) is 1. The lowest BCUT2D eigenvalue weighted by Gasteiger charge is -2.15. The highest BCUT2D eigenvalue weighted by atomic mass is 16.5. The average molecular weight is 196 g/mol. The molecule has 1 fully saturated rings. The van der Waals surface area contributed by atoms with Crippen LogP contribution in [0.2, 0.25) is 0 Å². The molecule has 0 saturated heterocycles. The van der Waals surface area contributed by atoms with Crippen molar-refractivity contribution in [2.24, 2.45) is 0 Å². The predicted octanol–water partition coefficient (Wildman–Crippen LogP) is 1.08. The maximum absolute atomic E-state index is 9.29. The van der Waals surface area contributed by atoms with Gasteiger partial charge in [-0.2, -0.15) is 0 Å². The van der Waals surface area contributed by atoms with Crippen LogP contribution in [0.25, 0.3) is 0 Å². The molecule has 1 saturated carbocycles. The first-order valence-electron chi connectivity index (χ1n) is 5.02. The third-order valence-corrected chi connectivity index (χ3v) is 2.63. The minimum atomic E-state index is -0.0197. The summed E-state index contributed by atoms with van der Waals surface area (Å²) in [5.74, 6) is 0.801. The quantitative estimate of drug-likeness (QED) is 0.756. The molecule has 14 heavy (non-hydrogen) atoms. The summed E-state index contributed by atoms with van der Waals surface area (Å²) in [6.07, 6.45) is 2.42. The molecule has 4 nitrogen and oxygen atoms in total. The number of aliphatic hydroxyl groups is 1. The van der Waals surface area contributed by atoms with E-state index < -0.39 is 0 Å². The normalized spacial score (nSPS) is 18.5. The lowest BCUT2D eigenvalue weighted by Crippen LogP contribution is -2.27. The van der Waals surface area contributed by atoms with Crippen molar-refractivity contribution in [3.8, 4) is 0 Å². The van der Waals surface area contributed by atoms with E-state index in [1.165, 1.54) is 12.8 Å². The second-order valence-electron chi connectivity index (χ2n) is 3.91. The molecule has 0 bridgehead atoms. The Kier molecular flexibility index (Phi) is 2.56. The van der Waals surface area contributed by atoms with Crippen molar-refractivity contribution < 1.29 is 9.63 Å². The first kappa shape index (κ1) is 9.68. The monoisotopic (exact) mass is 196 g/mol. The van der Waals surface area contributed by atoms with Crippen LogP contribution in [-0.2, 0) is 0 Å². The van der Waals surface area contributed by atoms with Crippen LogP contribution >= 0.6 is 0 Å². The highest BCUT2D eigenvalue weighted by molar-refractivity contribution is 5.25. The molecule has 78 valence electrons. The van der Waals surface area contributed by atoms with Gasteiger partial charge in [0.05, 0.1) is 18.3 Å². The van der Waals surface area contributed by atoms with E-state index >= 15 is 0 Å². The van der Waals surface area contributed by atoms with E-state index in [9.17, 15) is 5.11 Å². The molecule has 0 aliphatic heterocycles. The molecule has 1 aromatic heterocycles. The Morgan fingerprint density at radius 2 is 2.29 bits per heavy atom. The van der Waals surface area contributed by atoms with Crippen LogP contribution in [0.15, 0.2) is 4.52 Å². The standard InChI is InChI=1S/C10H16N2O2/c1-6-10(7(2)14-12-6)9(5-13)11-8-3-4-8/h8-9,11,13H,3-5H2,1-2H3. The van der Waals surface area contributed by atoms with Crippen LogP contribution in [0.5, 0.6) is 0 Å². The Balaban J connectivity index is 2.16. The second kappa shape index (κ2) is 3.71. The van der Waals surface area contributed by atoms with Gasteiger partial charge in [-0.05, 0) is 26.7 Å². The summed E-state index contributed by atoms with van der Waals surface area (Å²) in [5.41, 5.74) is 1.88. The average Bonchev–Trinajstić information content (AvgIpc) is 2.92. The molecule has 4 heteroatoms. The number of aliphatic hydroxyl groups excluding tert-OH is 1. The Labute approximate surface area is 83.3 Å². The zero-order valence-corrected chi connectivity index (χ0v) is 8.58. The lowest BCUT2D eigenvalue weighted by molar-refractivity contribution is 0.241. The SMILES string of the molecule is Cc1noc(C)c1C(CO)NC1CC1. The molecule has 2 rings (SSSR count). The molecule has 0 aromatic carbocycles. The largest absolute Gasteiger partial charge is 0.394 e. The van der Waals surface area contributed by atoms with Crippen molar-refractivity contribution in [1.29, 1.82) is 0 Å². The van der Waals surface area contributed by atoms with Gasteiger partial charge in [-0.3, -0.25) is 0 Å². The molecule has 0 radical (unpaired) electrons. The Bertz CT molecular complexity index is 298. The van der Waals surface area contributed by atoms with E-state index in [0.717, 1.165) is 17.0 Å². The summed E-state index contributed by atoms with van der Waals surface area (Å²) in [6, 6.07) is 0.551. The molecule has 0 spiro atoms. The lowest BCUT2D eigenvalue weighted by atomic mass is 10.1. The topological polar surface area (TPSA) is 58.3 Å². The molecule has 1 aliphatic carbocycles. The van der Waals surface area contributed by atoms with Crippen molar-refractivity contribution in [1.82, 2.24) is 10.5 Å². The third-order valence-electron chi connectivity index (χ3n) is 2.63. The molecule has 2 N–H and O–H groups in total. The van der Waals surface area contributed by atoms with Crippen LogP contribution in [0.4, 0.5) is 0 Å². The Hall–Kier alpha value is -0.870. The number of aromatic nitrogens is 1. The van der Waals surface area contributed by atoms with Crippen LogP contribution in [-0.4, -0.2) is 22.9 Å². The van der Waals surface area contributed by atoms with E-state index in [1.54, 1.807) is 0 Å². The predicted molar refractivity (Wildman–Crippen MR) is 52.0 cm³/mol. The molecule has 1 unspecified atom stereocenters. The fraction of sp³-hybridized carbons (Fsp3) is 0.700. The maximum atomic E-state index is 9.29. The highest BCUT2D eigenvalue weighted by Gasteiger charge is 2.27. The van der Waals surface area contributed by atoms with Crippen LogP contribution in [0.1, 0.15) is 35.9 Å². The van der Waals surface area contributed by atoms with Gasteiger partial charge in [-0.15, -0.1) is 0 Å². The van der Waals surface area contributed by atoms with Crippen LogP contribution in [0.3, 0.4) is 0 Å². The number of hydrogen-bond acceptors (Lipinski definition) is 4. The molecule has 1 aromatic rings. The van der Waals surface area contributed by atoms with Gasteiger partial charge >= 0.3 is 0 Å². The summed E-state index contributed by atoms with van der Waals surface area (Å²) in [6.45, 7) is 3.88. The summed E-state index contributed by atoms with van der Waals surface area (Å²) in [5, 5.41) is 16.6. The van der Waals surface area contributed by atoms with Gasteiger partial charge in [-0.25, -0.2) is 0 Å². The highest BCUT2D eigenvalue weighted by Crippen LogP contribution is 2.27. The molecular formula is C10H16N2O2. The van der Waals surface area contributed by atoms with Crippen LogP contribution < -0.4 is 5.32 Å². The number of hydrogen-bond donors (Lipinski definition) is 2. The first-order chi connectivity index (χ1) is 6.72. The number of nitrogens with one attached hydrogen (secondary N) is 1. The van der Waals surface area contributed by atoms with E-state index in [0.29, 0.717) is 6.04 Å². The summed E-state index contributed by atoms with van der Waals surface area (Å²) < 4.78 is 5.08. The van der Waals surface area contributed by atoms with Crippen LogP contribution in [0, 0.1) is 13.8 Å². The zero-order valence-electron chi connectivity index (χ0n) is 8.58. The molecule has 1 aliphatic rings. The molecule has 1 atom stereocenters. The van der Waals surface area contributed by atoms with E-state index in [2.05, 4.69) is 10.5 Å². The Morgan fingerprint density at radius 1 is 1.57 bits per heavy atom. The number of aryl methyl sites for hydroxylation is 2. The molecule has 0 amide bonds. The van der Waals surface area contributed by atoms with Gasteiger partial charge in [0.25, 0.3) is 0 Å². The molecular weight excluding hydrogens is 180 g/mol. The zero-order chi connectivity index (χ0) is 10.1. The Morgan fingerprint density at radius 3 is 2.71 bits per heavy atom. The van der Waals surface area contributed by atoms with Gasteiger partial charge in [0.15, 0.2) is 0 Å². The van der Waals surface area contributed by atoms with Crippen molar-refractivity contribution in [3.05, 3.63) is 17.0 Å². The smallest absolute Gasteiger partial charge is 0.138 e. The van der Waals surface area contributed by atoms with E-state index in [-0.39, 0.29) is 12.6 Å². The van der Waals surface area contributed by atoms with Gasteiger partial charge in [0.1, 0.15) is 5.76 Å². The summed E-state index contributed by atoms with van der Waals surface area (Å²) in [7, 11) is 0. The second-order valence-corrected chi connectivity index (χ2v) is 3.91. The first-order valence-corrected chi connectivity index (χ1v) is 5.02. The van der Waals surface area contributed by atoms with Gasteiger partial charge in [0, 0.05) is 11.6 Å². The van der Waals surface area contributed by atoms with E-state index in [1.807, 2.05) is 13.8 Å². The van der Waals surface area contributed by atoms with E-state index in [4.69, 9.17) is 4.52 Å².